The summed E-state index contributed by atoms with van der Waals surface area (Å²) in [5.41, 5.74) is 0.944. The van der Waals surface area contributed by atoms with E-state index in [4.69, 9.17) is 0 Å². The molecule has 0 fully saturated rings. The molecule has 0 heterocycles. The van der Waals surface area contributed by atoms with Gasteiger partial charge in [0.05, 0.1) is 25.7 Å². The molecule has 0 radical (unpaired) electrons. The van der Waals surface area contributed by atoms with Gasteiger partial charge < -0.3 is 10.1 Å². The average Bonchev–Trinajstić information content (AvgIpc) is 2.61. The summed E-state index contributed by atoms with van der Waals surface area (Å²) in [6, 6.07) is 8.77. The molecule has 1 aromatic carbocycles. The third-order valence-corrected chi connectivity index (χ3v) is 3.81. The zero-order valence-corrected chi connectivity index (χ0v) is 16.0. The Kier molecular flexibility index (Phi) is 9.74. The quantitative estimate of drug-likeness (QED) is 0.628. The van der Waals surface area contributed by atoms with Gasteiger partial charge in [-0.3, -0.25) is 24.6 Å². The van der Waals surface area contributed by atoms with Crippen LogP contribution in [0.2, 0.25) is 0 Å². The predicted molar refractivity (Wildman–Crippen MR) is 100 cm³/mol. The number of hydrogen-bond acceptors (Lipinski definition) is 6. The first-order valence-electron chi connectivity index (χ1n) is 8.88. The number of carbonyl (C=O) groups is 4. The molecule has 1 atom stereocenters. The number of carbonyl (C=O) groups excluding carboxylic acids is 4. The standard InChI is InChI=1S/C19H27N3O5/c1-4-22(13-18(25)21-19(26)27-5-2)12-17(24)20-16(14(3)23)11-15-9-7-6-8-10-15/h6-10,16H,4-5,11-13H2,1-3H3,(H,20,24)(H,21,25,26)/t16-/m1/s1. The lowest BCUT2D eigenvalue weighted by Crippen LogP contribution is -2.48. The average molecular weight is 377 g/mol. The van der Waals surface area contributed by atoms with E-state index >= 15 is 0 Å². The van der Waals surface area contributed by atoms with E-state index < -0.39 is 18.0 Å². The molecule has 27 heavy (non-hydrogen) atoms. The van der Waals surface area contributed by atoms with Crippen molar-refractivity contribution in [1.82, 2.24) is 15.5 Å². The highest BCUT2D eigenvalue weighted by Crippen LogP contribution is 2.04. The zero-order chi connectivity index (χ0) is 20.2. The van der Waals surface area contributed by atoms with E-state index in [1.54, 1.807) is 18.7 Å². The lowest BCUT2D eigenvalue weighted by atomic mass is 10.0. The first-order chi connectivity index (χ1) is 12.8. The largest absolute Gasteiger partial charge is 0.450 e. The van der Waals surface area contributed by atoms with Crippen LogP contribution in [-0.4, -0.2) is 60.9 Å². The van der Waals surface area contributed by atoms with Gasteiger partial charge in [0, 0.05) is 0 Å². The van der Waals surface area contributed by atoms with E-state index in [1.807, 2.05) is 30.3 Å². The molecule has 1 aromatic rings. The highest BCUT2D eigenvalue weighted by molar-refractivity contribution is 5.93. The van der Waals surface area contributed by atoms with Crippen LogP contribution in [0, 0.1) is 0 Å². The van der Waals surface area contributed by atoms with E-state index in [1.165, 1.54) is 6.92 Å². The Labute approximate surface area is 159 Å². The molecular formula is C19H27N3O5. The minimum Gasteiger partial charge on any atom is -0.450 e. The molecule has 0 aliphatic carbocycles. The van der Waals surface area contributed by atoms with E-state index in [2.05, 4.69) is 15.4 Å². The van der Waals surface area contributed by atoms with Gasteiger partial charge in [-0.2, -0.15) is 0 Å². The van der Waals surface area contributed by atoms with Gasteiger partial charge in [-0.05, 0) is 32.4 Å². The number of nitrogens with one attached hydrogen (secondary N) is 2. The van der Waals surface area contributed by atoms with Crippen LogP contribution in [0.5, 0.6) is 0 Å². The van der Waals surface area contributed by atoms with Gasteiger partial charge in [0.25, 0.3) is 0 Å². The van der Waals surface area contributed by atoms with Crippen LogP contribution in [0.25, 0.3) is 0 Å². The second-order valence-electron chi connectivity index (χ2n) is 5.99. The Morgan fingerprint density at radius 3 is 2.22 bits per heavy atom. The zero-order valence-electron chi connectivity index (χ0n) is 16.0. The summed E-state index contributed by atoms with van der Waals surface area (Å²) < 4.78 is 4.64. The van der Waals surface area contributed by atoms with Crippen molar-refractivity contribution < 1.29 is 23.9 Å². The number of nitrogens with zero attached hydrogens (tertiary/aromatic N) is 1. The molecule has 8 heteroatoms. The molecule has 1 rings (SSSR count). The van der Waals surface area contributed by atoms with Crippen LogP contribution >= 0.6 is 0 Å². The Bertz CT molecular complexity index is 648. The molecule has 2 N–H and O–H groups in total. The third kappa shape index (κ3) is 8.96. The van der Waals surface area contributed by atoms with Crippen molar-refractivity contribution in [2.75, 3.05) is 26.2 Å². The van der Waals surface area contributed by atoms with Gasteiger partial charge in [0.1, 0.15) is 0 Å². The lowest BCUT2D eigenvalue weighted by Gasteiger charge is -2.21. The van der Waals surface area contributed by atoms with Crippen molar-refractivity contribution in [1.29, 1.82) is 0 Å². The van der Waals surface area contributed by atoms with E-state index in [9.17, 15) is 19.2 Å². The molecule has 0 saturated heterocycles. The van der Waals surface area contributed by atoms with Crippen LogP contribution in [0.4, 0.5) is 4.79 Å². The van der Waals surface area contributed by atoms with E-state index in [0.717, 1.165) is 5.56 Å². The van der Waals surface area contributed by atoms with Crippen LogP contribution in [0.3, 0.4) is 0 Å². The molecule has 3 amide bonds. The molecule has 0 aliphatic rings. The van der Waals surface area contributed by atoms with Crippen molar-refractivity contribution >= 4 is 23.7 Å². The molecule has 0 spiro atoms. The fourth-order valence-electron chi connectivity index (χ4n) is 2.39. The summed E-state index contributed by atoms with van der Waals surface area (Å²) in [6.45, 7) is 5.24. The first kappa shape index (κ1) is 22.3. The summed E-state index contributed by atoms with van der Waals surface area (Å²) in [6.07, 6.45) is -0.417. The number of likely N-dealkylation sites (N-methyl/N-ethyl adjacent to an activating group) is 1. The predicted octanol–water partition coefficient (Wildman–Crippen LogP) is 0.898. The van der Waals surface area contributed by atoms with E-state index in [-0.39, 0.29) is 31.4 Å². The number of Topliss-reactive ketones (excluding diaryl/α,β-unsaturated/α-hetero) is 1. The normalized spacial score (nSPS) is 11.6. The lowest BCUT2D eigenvalue weighted by molar-refractivity contribution is -0.128. The minimum atomic E-state index is -0.817. The maximum Gasteiger partial charge on any atom is 0.413 e. The van der Waals surface area contributed by atoms with Gasteiger partial charge in [0.2, 0.25) is 11.8 Å². The number of benzene rings is 1. The Hall–Kier alpha value is -2.74. The van der Waals surface area contributed by atoms with Crippen LogP contribution < -0.4 is 10.6 Å². The maximum absolute atomic E-state index is 12.3. The molecule has 0 aliphatic heterocycles. The van der Waals surface area contributed by atoms with Crippen molar-refractivity contribution in [2.45, 2.75) is 33.2 Å². The molecular weight excluding hydrogens is 350 g/mol. The van der Waals surface area contributed by atoms with Gasteiger partial charge in [-0.1, -0.05) is 37.3 Å². The van der Waals surface area contributed by atoms with Gasteiger partial charge in [-0.15, -0.1) is 0 Å². The van der Waals surface area contributed by atoms with Crippen molar-refractivity contribution in [3.05, 3.63) is 35.9 Å². The Balaban J connectivity index is 2.56. The molecule has 0 saturated carbocycles. The number of ketones is 1. The van der Waals surface area contributed by atoms with Crippen molar-refractivity contribution in [3.63, 3.8) is 0 Å². The van der Waals surface area contributed by atoms with Gasteiger partial charge in [-0.25, -0.2) is 4.79 Å². The smallest absolute Gasteiger partial charge is 0.413 e. The summed E-state index contributed by atoms with van der Waals surface area (Å²) in [4.78, 5) is 48.8. The summed E-state index contributed by atoms with van der Waals surface area (Å²) in [7, 11) is 0. The topological polar surface area (TPSA) is 105 Å². The van der Waals surface area contributed by atoms with Crippen molar-refractivity contribution in [2.24, 2.45) is 0 Å². The van der Waals surface area contributed by atoms with Crippen LogP contribution in [0.15, 0.2) is 30.3 Å². The SMILES string of the molecule is CCOC(=O)NC(=O)CN(CC)CC(=O)N[C@H](Cc1ccccc1)C(C)=O. The number of imide groups is 1. The Morgan fingerprint density at radius 1 is 1.04 bits per heavy atom. The number of hydrogen-bond donors (Lipinski definition) is 2. The maximum atomic E-state index is 12.3. The van der Waals surface area contributed by atoms with Crippen molar-refractivity contribution in [3.8, 4) is 0 Å². The first-order valence-corrected chi connectivity index (χ1v) is 8.88. The molecule has 0 aromatic heterocycles. The molecule has 148 valence electrons. The fourth-order valence-corrected chi connectivity index (χ4v) is 2.39. The molecule has 0 unspecified atom stereocenters. The minimum absolute atomic E-state index is 0.0642. The second kappa shape index (κ2) is 11.8. The Morgan fingerprint density at radius 2 is 1.67 bits per heavy atom. The van der Waals surface area contributed by atoms with Gasteiger partial charge in [0.15, 0.2) is 5.78 Å². The second-order valence-corrected chi connectivity index (χ2v) is 5.99. The van der Waals surface area contributed by atoms with Crippen LogP contribution in [0.1, 0.15) is 26.3 Å². The number of alkyl carbamates (subject to hydrolysis) is 1. The third-order valence-electron chi connectivity index (χ3n) is 3.81. The number of rotatable bonds is 10. The summed E-state index contributed by atoms with van der Waals surface area (Å²) in [5.74, 6) is -1.07. The summed E-state index contributed by atoms with van der Waals surface area (Å²) in [5, 5.41) is 4.79. The number of amides is 3. The molecule has 0 bridgehead atoms. The summed E-state index contributed by atoms with van der Waals surface area (Å²) >= 11 is 0. The molecule has 8 nitrogen and oxygen atoms in total. The number of ether oxygens (including phenoxy) is 1. The monoisotopic (exact) mass is 377 g/mol. The fraction of sp³-hybridized carbons (Fsp3) is 0.474. The van der Waals surface area contributed by atoms with Gasteiger partial charge >= 0.3 is 6.09 Å². The van der Waals surface area contributed by atoms with Crippen LogP contribution in [-0.2, 0) is 25.5 Å². The van der Waals surface area contributed by atoms with E-state index in [0.29, 0.717) is 13.0 Å². The highest BCUT2D eigenvalue weighted by Gasteiger charge is 2.20. The highest BCUT2D eigenvalue weighted by atomic mass is 16.5.